The van der Waals surface area contributed by atoms with Gasteiger partial charge in [0.15, 0.2) is 6.61 Å². The average Bonchev–Trinajstić information content (AvgIpc) is 3.04. The van der Waals surface area contributed by atoms with E-state index in [0.717, 1.165) is 15.7 Å². The van der Waals surface area contributed by atoms with Crippen molar-refractivity contribution in [3.63, 3.8) is 0 Å². The molecule has 28 heavy (non-hydrogen) atoms. The first-order valence-electron chi connectivity index (χ1n) is 8.62. The fourth-order valence-electron chi connectivity index (χ4n) is 3.00. The number of aryl methyl sites for hydroxylation is 1. The van der Waals surface area contributed by atoms with E-state index >= 15 is 0 Å². The van der Waals surface area contributed by atoms with Crippen LogP contribution in [0.3, 0.4) is 0 Å². The van der Waals surface area contributed by atoms with Crippen molar-refractivity contribution in [3.8, 4) is 0 Å². The highest BCUT2D eigenvalue weighted by Gasteiger charge is 2.36. The third-order valence-electron chi connectivity index (χ3n) is 4.42. The molecule has 1 saturated heterocycles. The number of rotatable bonds is 5. The zero-order valence-corrected chi connectivity index (χ0v) is 17.4. The van der Waals surface area contributed by atoms with Gasteiger partial charge in [-0.1, -0.05) is 45.7 Å². The fraction of sp³-hybridized carbons (Fsp3) is 0.250. The lowest BCUT2D eigenvalue weighted by Crippen LogP contribution is -2.28. The van der Waals surface area contributed by atoms with Crippen molar-refractivity contribution < 1.29 is 19.1 Å². The molecule has 0 unspecified atom stereocenters. The van der Waals surface area contributed by atoms with E-state index in [1.807, 2.05) is 31.2 Å². The van der Waals surface area contributed by atoms with Gasteiger partial charge in [-0.25, -0.2) is 0 Å². The summed E-state index contributed by atoms with van der Waals surface area (Å²) < 4.78 is 5.89. The van der Waals surface area contributed by atoms with Crippen molar-refractivity contribution in [2.45, 2.75) is 13.3 Å². The highest BCUT2D eigenvalue weighted by molar-refractivity contribution is 9.10. The number of ether oxygens (including phenoxy) is 1. The summed E-state index contributed by atoms with van der Waals surface area (Å²) in [5.41, 5.74) is 2.16. The maximum absolute atomic E-state index is 12.3. The predicted molar refractivity (Wildman–Crippen MR) is 110 cm³/mol. The van der Waals surface area contributed by atoms with Gasteiger partial charge in [-0.15, -0.1) is 0 Å². The molecule has 1 N–H and O–H groups in total. The van der Waals surface area contributed by atoms with Crippen LogP contribution in [-0.4, -0.2) is 30.9 Å². The summed E-state index contributed by atoms with van der Waals surface area (Å²) in [5.74, 6) is -1.81. The summed E-state index contributed by atoms with van der Waals surface area (Å²) in [6, 6.07) is 12.5. The first-order chi connectivity index (χ1) is 13.3. The van der Waals surface area contributed by atoms with Gasteiger partial charge in [0.05, 0.1) is 16.6 Å². The molecule has 0 bridgehead atoms. The highest BCUT2D eigenvalue weighted by Crippen LogP contribution is 2.28. The Kier molecular flexibility index (Phi) is 6.36. The monoisotopic (exact) mass is 464 g/mol. The minimum absolute atomic E-state index is 0.0628. The lowest BCUT2D eigenvalue weighted by atomic mass is 10.1. The number of para-hydroxylation sites is 1. The van der Waals surface area contributed by atoms with Crippen LogP contribution in [0.25, 0.3) is 0 Å². The van der Waals surface area contributed by atoms with Gasteiger partial charge in [0, 0.05) is 23.1 Å². The van der Waals surface area contributed by atoms with Crippen molar-refractivity contribution >= 4 is 56.7 Å². The molecule has 8 heteroatoms. The molecule has 0 spiro atoms. The van der Waals surface area contributed by atoms with Crippen LogP contribution in [0.5, 0.6) is 0 Å². The average molecular weight is 466 g/mol. The van der Waals surface area contributed by atoms with Crippen LogP contribution >= 0.6 is 27.5 Å². The molecule has 1 heterocycles. The molecule has 0 radical (unpaired) electrons. The molecule has 1 aliphatic heterocycles. The molecule has 2 aromatic rings. The third kappa shape index (κ3) is 4.72. The molecular weight excluding hydrogens is 448 g/mol. The molecule has 2 aromatic carbocycles. The van der Waals surface area contributed by atoms with E-state index in [-0.39, 0.29) is 18.9 Å². The SMILES string of the molecule is Cc1ccccc1N1C[C@@H](C(=O)OCC(=O)Nc2ccc(Br)cc2Cl)CC1=O. The third-order valence-corrected chi connectivity index (χ3v) is 5.22. The molecule has 146 valence electrons. The zero-order chi connectivity index (χ0) is 20.3. The minimum Gasteiger partial charge on any atom is -0.455 e. The number of nitrogens with zero attached hydrogens (tertiary/aromatic N) is 1. The largest absolute Gasteiger partial charge is 0.455 e. The van der Waals surface area contributed by atoms with Crippen molar-refractivity contribution in [2.24, 2.45) is 5.92 Å². The molecule has 0 saturated carbocycles. The number of halogens is 2. The topological polar surface area (TPSA) is 75.7 Å². The van der Waals surface area contributed by atoms with Gasteiger partial charge in [0.25, 0.3) is 5.91 Å². The van der Waals surface area contributed by atoms with Gasteiger partial charge in [-0.2, -0.15) is 0 Å². The first kappa shape index (κ1) is 20.4. The Hall–Kier alpha value is -2.38. The summed E-state index contributed by atoms with van der Waals surface area (Å²) in [6.45, 7) is 1.70. The molecule has 2 amide bonds. The molecule has 0 aliphatic carbocycles. The number of hydrogen-bond acceptors (Lipinski definition) is 4. The van der Waals surface area contributed by atoms with Crippen molar-refractivity contribution in [1.82, 2.24) is 0 Å². The normalized spacial score (nSPS) is 16.2. The van der Waals surface area contributed by atoms with Crippen LogP contribution in [-0.2, 0) is 19.1 Å². The van der Waals surface area contributed by atoms with Crippen molar-refractivity contribution in [1.29, 1.82) is 0 Å². The number of anilines is 2. The molecule has 3 rings (SSSR count). The second-order valence-corrected chi connectivity index (χ2v) is 7.79. The minimum atomic E-state index is -0.601. The van der Waals surface area contributed by atoms with Crippen LogP contribution < -0.4 is 10.2 Å². The van der Waals surface area contributed by atoms with Gasteiger partial charge in [0.1, 0.15) is 0 Å². The van der Waals surface area contributed by atoms with E-state index in [1.165, 1.54) is 0 Å². The smallest absolute Gasteiger partial charge is 0.311 e. The summed E-state index contributed by atoms with van der Waals surface area (Å²) in [4.78, 5) is 38.2. The van der Waals surface area contributed by atoms with Crippen LogP contribution in [0, 0.1) is 12.8 Å². The first-order valence-corrected chi connectivity index (χ1v) is 9.80. The number of carbonyl (C=O) groups excluding carboxylic acids is 3. The van der Waals surface area contributed by atoms with Crippen LogP contribution in [0.4, 0.5) is 11.4 Å². The Labute approximate surface area is 175 Å². The number of carbonyl (C=O) groups is 3. The zero-order valence-electron chi connectivity index (χ0n) is 15.1. The van der Waals surface area contributed by atoms with Crippen molar-refractivity contribution in [3.05, 3.63) is 57.5 Å². The summed E-state index contributed by atoms with van der Waals surface area (Å²) in [5, 5.41) is 2.95. The van der Waals surface area contributed by atoms with E-state index < -0.39 is 24.4 Å². The number of hydrogen-bond donors (Lipinski definition) is 1. The van der Waals surface area contributed by atoms with E-state index in [2.05, 4.69) is 21.2 Å². The van der Waals surface area contributed by atoms with Gasteiger partial charge in [-0.05, 0) is 36.8 Å². The molecule has 1 aliphatic rings. The van der Waals surface area contributed by atoms with E-state index in [4.69, 9.17) is 16.3 Å². The molecule has 6 nitrogen and oxygen atoms in total. The second kappa shape index (κ2) is 8.75. The number of esters is 1. The Balaban J connectivity index is 1.54. The lowest BCUT2D eigenvalue weighted by molar-refractivity contribution is -0.151. The standard InChI is InChI=1S/C20H18BrClN2O4/c1-12-4-2-3-5-17(12)24-10-13(8-19(24)26)20(27)28-11-18(25)23-16-7-6-14(21)9-15(16)22/h2-7,9,13H,8,10-11H2,1H3,(H,23,25)/t13-/m0/s1. The van der Waals surface area contributed by atoms with Gasteiger partial charge >= 0.3 is 5.97 Å². The molecule has 0 aromatic heterocycles. The number of amides is 2. The summed E-state index contributed by atoms with van der Waals surface area (Å²) >= 11 is 9.33. The van der Waals surface area contributed by atoms with E-state index in [1.54, 1.807) is 23.1 Å². The maximum Gasteiger partial charge on any atom is 0.311 e. The van der Waals surface area contributed by atoms with E-state index in [9.17, 15) is 14.4 Å². The number of nitrogens with one attached hydrogen (secondary N) is 1. The van der Waals surface area contributed by atoms with Crippen LogP contribution in [0.2, 0.25) is 5.02 Å². The number of benzene rings is 2. The van der Waals surface area contributed by atoms with Crippen LogP contribution in [0.1, 0.15) is 12.0 Å². The highest BCUT2D eigenvalue weighted by atomic mass is 79.9. The van der Waals surface area contributed by atoms with Gasteiger partial charge in [-0.3, -0.25) is 14.4 Å². The molecule has 1 fully saturated rings. The van der Waals surface area contributed by atoms with Crippen molar-refractivity contribution in [2.75, 3.05) is 23.4 Å². The van der Waals surface area contributed by atoms with E-state index in [0.29, 0.717) is 10.7 Å². The molecule has 1 atom stereocenters. The summed E-state index contributed by atoms with van der Waals surface area (Å²) in [7, 11) is 0. The Morgan fingerprint density at radius 1 is 1.29 bits per heavy atom. The van der Waals surface area contributed by atoms with Crippen LogP contribution in [0.15, 0.2) is 46.9 Å². The van der Waals surface area contributed by atoms with Gasteiger partial charge in [0.2, 0.25) is 5.91 Å². The second-order valence-electron chi connectivity index (χ2n) is 6.47. The Bertz CT molecular complexity index is 934. The van der Waals surface area contributed by atoms with Gasteiger partial charge < -0.3 is 15.0 Å². The summed E-state index contributed by atoms with van der Waals surface area (Å²) in [6.07, 6.45) is 0.0628. The Morgan fingerprint density at radius 2 is 2.04 bits per heavy atom. The quantitative estimate of drug-likeness (QED) is 0.679. The molecular formula is C20H18BrClN2O4. The lowest BCUT2D eigenvalue weighted by Gasteiger charge is -2.18. The maximum atomic E-state index is 12.3. The Morgan fingerprint density at radius 3 is 2.75 bits per heavy atom. The predicted octanol–water partition coefficient (Wildman–Crippen LogP) is 3.95. The fourth-order valence-corrected chi connectivity index (χ4v) is 3.72.